The molecule has 0 unspecified atom stereocenters. The highest BCUT2D eigenvalue weighted by molar-refractivity contribution is 6.04. The van der Waals surface area contributed by atoms with E-state index in [1.54, 1.807) is 31.5 Å². The highest BCUT2D eigenvalue weighted by atomic mass is 16.5. The molecule has 1 aromatic heterocycles. The quantitative estimate of drug-likeness (QED) is 0.419. The zero-order valence-corrected chi connectivity index (χ0v) is 16.8. The fourth-order valence-electron chi connectivity index (χ4n) is 3.30. The van der Waals surface area contributed by atoms with Gasteiger partial charge in [-0.05, 0) is 17.7 Å². The summed E-state index contributed by atoms with van der Waals surface area (Å²) in [5.41, 5.74) is 9.41. The lowest BCUT2D eigenvalue weighted by Crippen LogP contribution is -2.49. The molecular formula is C22H21N5O4. The summed E-state index contributed by atoms with van der Waals surface area (Å²) in [6, 6.07) is 14.0. The lowest BCUT2D eigenvalue weighted by atomic mass is 10.2. The summed E-state index contributed by atoms with van der Waals surface area (Å²) in [6.07, 6.45) is 2.92. The standard InChI is InChI=1S/C22H21N5O4/c1-27-18-9-15-7-8-30-19(15)10-20(18)31-13-17(22(27)29)25-21(28)16(26-23)12-24-11-14-5-3-2-4-6-14/h2-10,12,17,23-24H,11,13H2,1H3,(H,25,28)/b16-12-,26-23?/t17-/m0/s1. The van der Waals surface area contributed by atoms with Crippen LogP contribution >= 0.6 is 0 Å². The van der Waals surface area contributed by atoms with Gasteiger partial charge in [-0.15, -0.1) is 0 Å². The number of rotatable bonds is 6. The Morgan fingerprint density at radius 2 is 2.10 bits per heavy atom. The third-order valence-electron chi connectivity index (χ3n) is 4.98. The fourth-order valence-corrected chi connectivity index (χ4v) is 3.30. The van der Waals surface area contributed by atoms with Crippen LogP contribution in [0.25, 0.3) is 11.0 Å². The molecule has 0 saturated heterocycles. The summed E-state index contributed by atoms with van der Waals surface area (Å²) in [4.78, 5) is 27.0. The first kappa shape index (κ1) is 20.1. The maximum atomic E-state index is 12.9. The van der Waals surface area contributed by atoms with Gasteiger partial charge in [0.1, 0.15) is 24.0 Å². The topological polar surface area (TPSA) is 120 Å². The molecule has 0 radical (unpaired) electrons. The maximum Gasteiger partial charge on any atom is 0.274 e. The van der Waals surface area contributed by atoms with Crippen molar-refractivity contribution >= 4 is 28.5 Å². The van der Waals surface area contributed by atoms with Crippen molar-refractivity contribution in [2.45, 2.75) is 12.6 Å². The number of ether oxygens (including phenoxy) is 1. The molecule has 0 bridgehead atoms. The third kappa shape index (κ3) is 4.25. The minimum Gasteiger partial charge on any atom is -0.489 e. The molecule has 1 aliphatic rings. The molecule has 158 valence electrons. The lowest BCUT2D eigenvalue weighted by molar-refractivity contribution is -0.126. The maximum absolute atomic E-state index is 12.9. The van der Waals surface area contributed by atoms with Gasteiger partial charge in [0, 0.05) is 31.2 Å². The molecule has 1 aliphatic heterocycles. The van der Waals surface area contributed by atoms with Crippen LogP contribution in [0.3, 0.4) is 0 Å². The van der Waals surface area contributed by atoms with Crippen molar-refractivity contribution in [2.75, 3.05) is 18.6 Å². The van der Waals surface area contributed by atoms with Crippen LogP contribution in [-0.4, -0.2) is 31.5 Å². The van der Waals surface area contributed by atoms with Crippen molar-refractivity contribution in [2.24, 2.45) is 5.11 Å². The van der Waals surface area contributed by atoms with Gasteiger partial charge in [0.15, 0.2) is 5.70 Å². The molecule has 2 amide bonds. The predicted octanol–water partition coefficient (Wildman–Crippen LogP) is 2.93. The number of furan rings is 1. The molecule has 3 N–H and O–H groups in total. The van der Waals surface area contributed by atoms with Crippen molar-refractivity contribution < 1.29 is 18.7 Å². The number of benzene rings is 2. The number of hydrogen-bond donors (Lipinski definition) is 3. The monoisotopic (exact) mass is 419 g/mol. The second kappa shape index (κ2) is 8.70. The predicted molar refractivity (Wildman–Crippen MR) is 114 cm³/mol. The summed E-state index contributed by atoms with van der Waals surface area (Å²) in [6.45, 7) is 0.411. The molecule has 1 atom stereocenters. The van der Waals surface area contributed by atoms with Crippen LogP contribution in [0.4, 0.5) is 5.69 Å². The smallest absolute Gasteiger partial charge is 0.274 e. The Kier molecular flexibility index (Phi) is 5.65. The Morgan fingerprint density at radius 1 is 1.29 bits per heavy atom. The molecule has 2 aromatic carbocycles. The molecule has 2 heterocycles. The number of likely N-dealkylation sites (N-methyl/N-ethyl adjacent to an activating group) is 1. The molecule has 9 heteroatoms. The van der Waals surface area contributed by atoms with Crippen LogP contribution in [0.15, 0.2) is 76.2 Å². The van der Waals surface area contributed by atoms with E-state index in [-0.39, 0.29) is 18.2 Å². The van der Waals surface area contributed by atoms with E-state index in [1.165, 1.54) is 11.1 Å². The Balaban J connectivity index is 1.45. The largest absolute Gasteiger partial charge is 0.489 e. The summed E-state index contributed by atoms with van der Waals surface area (Å²) >= 11 is 0. The molecule has 0 spiro atoms. The van der Waals surface area contributed by atoms with Crippen LogP contribution in [0, 0.1) is 5.53 Å². The van der Waals surface area contributed by atoms with Crippen LogP contribution in [-0.2, 0) is 16.1 Å². The number of anilines is 1. The first-order chi connectivity index (χ1) is 15.1. The molecule has 0 fully saturated rings. The van der Waals surface area contributed by atoms with Gasteiger partial charge in [0.2, 0.25) is 0 Å². The van der Waals surface area contributed by atoms with E-state index in [9.17, 15) is 9.59 Å². The fraction of sp³-hybridized carbons (Fsp3) is 0.182. The normalized spacial score (nSPS) is 16.3. The zero-order chi connectivity index (χ0) is 21.8. The van der Waals surface area contributed by atoms with Gasteiger partial charge < -0.3 is 24.7 Å². The van der Waals surface area contributed by atoms with Crippen molar-refractivity contribution in [3.63, 3.8) is 0 Å². The molecule has 31 heavy (non-hydrogen) atoms. The van der Waals surface area contributed by atoms with Gasteiger partial charge in [-0.2, -0.15) is 5.11 Å². The van der Waals surface area contributed by atoms with Gasteiger partial charge in [-0.1, -0.05) is 30.3 Å². The minimum atomic E-state index is -0.935. The van der Waals surface area contributed by atoms with Gasteiger partial charge in [0.25, 0.3) is 11.8 Å². The Hall–Kier alpha value is -4.14. The van der Waals surface area contributed by atoms with Crippen molar-refractivity contribution in [1.82, 2.24) is 10.6 Å². The number of nitrogens with zero attached hydrogens (tertiary/aromatic N) is 2. The third-order valence-corrected chi connectivity index (χ3v) is 4.98. The SMILES string of the molecule is CN1C(=O)[C@@H](NC(=O)/C(=C/NCc2ccccc2)N=N)COc2cc3occc3cc21. The molecule has 3 aromatic rings. The van der Waals surface area contributed by atoms with Crippen LogP contribution in [0.2, 0.25) is 0 Å². The lowest BCUT2D eigenvalue weighted by Gasteiger charge is -2.20. The van der Waals surface area contributed by atoms with Gasteiger partial charge in [-0.3, -0.25) is 9.59 Å². The van der Waals surface area contributed by atoms with Gasteiger partial charge in [-0.25, -0.2) is 5.53 Å². The molecular weight excluding hydrogens is 398 g/mol. The number of amides is 2. The molecule has 0 aliphatic carbocycles. The molecule has 4 rings (SSSR count). The van der Waals surface area contributed by atoms with E-state index in [2.05, 4.69) is 15.7 Å². The van der Waals surface area contributed by atoms with Crippen LogP contribution in [0.5, 0.6) is 5.75 Å². The van der Waals surface area contributed by atoms with Gasteiger partial charge >= 0.3 is 0 Å². The van der Waals surface area contributed by atoms with E-state index in [4.69, 9.17) is 14.7 Å². The van der Waals surface area contributed by atoms with Crippen molar-refractivity contribution in [3.8, 4) is 5.75 Å². The number of fused-ring (bicyclic) bond motifs is 2. The average Bonchev–Trinajstić information content (AvgIpc) is 3.22. The zero-order valence-electron chi connectivity index (χ0n) is 16.8. The van der Waals surface area contributed by atoms with Crippen molar-refractivity contribution in [3.05, 3.63) is 72.3 Å². The van der Waals surface area contributed by atoms with Gasteiger partial charge in [0.05, 0.1) is 12.0 Å². The summed E-state index contributed by atoms with van der Waals surface area (Å²) in [5, 5.41) is 9.69. The number of carbonyl (C=O) groups is 2. The number of hydrogen-bond acceptors (Lipinski definition) is 7. The highest BCUT2D eigenvalue weighted by Crippen LogP contribution is 2.35. The first-order valence-corrected chi connectivity index (χ1v) is 9.64. The molecule has 9 nitrogen and oxygen atoms in total. The summed E-state index contributed by atoms with van der Waals surface area (Å²) in [7, 11) is 1.62. The highest BCUT2D eigenvalue weighted by Gasteiger charge is 2.31. The van der Waals surface area contributed by atoms with Crippen LogP contribution < -0.4 is 20.3 Å². The van der Waals surface area contributed by atoms with E-state index in [1.807, 2.05) is 30.3 Å². The summed E-state index contributed by atoms with van der Waals surface area (Å²) < 4.78 is 11.2. The molecule has 0 saturated carbocycles. The van der Waals surface area contributed by atoms with Crippen LogP contribution in [0.1, 0.15) is 5.56 Å². The minimum absolute atomic E-state index is 0.0587. The number of nitrogens with one attached hydrogen (secondary N) is 3. The Bertz CT molecular complexity index is 1160. The summed E-state index contributed by atoms with van der Waals surface area (Å²) in [5.74, 6) is -0.498. The van der Waals surface area contributed by atoms with E-state index >= 15 is 0 Å². The second-order valence-corrected chi connectivity index (χ2v) is 7.02. The Labute approximate surface area is 178 Å². The van der Waals surface area contributed by atoms with E-state index in [0.29, 0.717) is 23.6 Å². The average molecular weight is 419 g/mol. The van der Waals surface area contributed by atoms with E-state index in [0.717, 1.165) is 10.9 Å². The van der Waals surface area contributed by atoms with Crippen molar-refractivity contribution in [1.29, 1.82) is 5.53 Å². The first-order valence-electron chi connectivity index (χ1n) is 9.64. The Morgan fingerprint density at radius 3 is 2.87 bits per heavy atom. The number of carbonyl (C=O) groups excluding carboxylic acids is 2. The van der Waals surface area contributed by atoms with E-state index < -0.39 is 11.9 Å². The second-order valence-electron chi connectivity index (χ2n) is 7.02.